The van der Waals surface area contributed by atoms with Crippen LogP contribution in [0.4, 0.5) is 0 Å². The van der Waals surface area contributed by atoms with Gasteiger partial charge in [-0.1, -0.05) is 49.6 Å². The third kappa shape index (κ3) is 2.37. The lowest BCUT2D eigenvalue weighted by Crippen LogP contribution is -2.49. The molecule has 1 unspecified atom stereocenters. The van der Waals surface area contributed by atoms with Crippen LogP contribution in [0.5, 0.6) is 0 Å². The normalized spacial score (nSPS) is 22.9. The first-order chi connectivity index (χ1) is 9.87. The molecular weight excluding hydrogens is 246 g/mol. The van der Waals surface area contributed by atoms with Crippen molar-refractivity contribution in [2.24, 2.45) is 0 Å². The number of ether oxygens (including phenoxy) is 1. The van der Waals surface area contributed by atoms with Crippen molar-refractivity contribution in [3.05, 3.63) is 47.7 Å². The van der Waals surface area contributed by atoms with Crippen LogP contribution < -0.4 is 5.32 Å². The summed E-state index contributed by atoms with van der Waals surface area (Å²) in [6.07, 6.45) is 9.84. The summed E-state index contributed by atoms with van der Waals surface area (Å²) in [5.74, 6) is 1.17. The van der Waals surface area contributed by atoms with Gasteiger partial charge in [-0.3, -0.25) is 0 Å². The van der Waals surface area contributed by atoms with E-state index >= 15 is 0 Å². The molecule has 1 saturated carbocycles. The molecule has 1 heterocycles. The van der Waals surface area contributed by atoms with Crippen LogP contribution >= 0.6 is 0 Å². The molecule has 1 N–H and O–H groups in total. The van der Waals surface area contributed by atoms with Crippen molar-refractivity contribution in [1.29, 1.82) is 0 Å². The minimum absolute atomic E-state index is 0.199. The van der Waals surface area contributed by atoms with Gasteiger partial charge in [-0.15, -0.1) is 0 Å². The maximum absolute atomic E-state index is 5.90. The van der Waals surface area contributed by atoms with Crippen LogP contribution in [0.2, 0.25) is 0 Å². The molecule has 0 saturated heterocycles. The van der Waals surface area contributed by atoms with Crippen LogP contribution in [0.1, 0.15) is 44.1 Å². The van der Waals surface area contributed by atoms with Gasteiger partial charge in [-0.05, 0) is 31.5 Å². The summed E-state index contributed by atoms with van der Waals surface area (Å²) in [6, 6.07) is 11.4. The van der Waals surface area contributed by atoms with Gasteiger partial charge >= 0.3 is 0 Å². The van der Waals surface area contributed by atoms with E-state index in [4.69, 9.17) is 4.74 Å². The Labute approximate surface area is 122 Å². The zero-order chi connectivity index (χ0) is 13.8. The Morgan fingerprint density at radius 3 is 2.45 bits per heavy atom. The maximum atomic E-state index is 5.90. The van der Waals surface area contributed by atoms with Crippen LogP contribution in [0, 0.1) is 0 Å². The van der Waals surface area contributed by atoms with E-state index in [2.05, 4.69) is 48.8 Å². The zero-order valence-corrected chi connectivity index (χ0v) is 12.4. The molecule has 0 radical (unpaired) electrons. The topological polar surface area (TPSA) is 21.3 Å². The quantitative estimate of drug-likeness (QED) is 0.900. The Morgan fingerprint density at radius 1 is 1.10 bits per heavy atom. The second-order valence-corrected chi connectivity index (χ2v) is 6.05. The molecule has 2 nitrogen and oxygen atoms in total. The van der Waals surface area contributed by atoms with E-state index in [0.717, 1.165) is 13.0 Å². The summed E-state index contributed by atoms with van der Waals surface area (Å²) in [5.41, 5.74) is 1.67. The van der Waals surface area contributed by atoms with Crippen molar-refractivity contribution in [2.75, 3.05) is 13.7 Å². The highest BCUT2D eigenvalue weighted by molar-refractivity contribution is 5.32. The number of benzene rings is 1. The largest absolute Gasteiger partial charge is 0.496 e. The van der Waals surface area contributed by atoms with E-state index < -0.39 is 0 Å². The van der Waals surface area contributed by atoms with E-state index in [9.17, 15) is 0 Å². The summed E-state index contributed by atoms with van der Waals surface area (Å²) >= 11 is 0. The number of hydrogen-bond acceptors (Lipinski definition) is 2. The number of nitrogens with one attached hydrogen (secondary N) is 1. The highest BCUT2D eigenvalue weighted by Gasteiger charge is 2.43. The Hall–Kier alpha value is -1.28. The molecule has 1 aromatic rings. The van der Waals surface area contributed by atoms with Gasteiger partial charge in [0.1, 0.15) is 5.76 Å². The molecule has 1 aliphatic heterocycles. The van der Waals surface area contributed by atoms with Gasteiger partial charge in [0.25, 0.3) is 0 Å². The van der Waals surface area contributed by atoms with Crippen LogP contribution in [0.15, 0.2) is 42.2 Å². The first-order valence-electron chi connectivity index (χ1n) is 7.92. The smallest absolute Gasteiger partial charge is 0.110 e. The molecule has 1 aliphatic carbocycles. The summed E-state index contributed by atoms with van der Waals surface area (Å²) < 4.78 is 5.90. The molecule has 20 heavy (non-hydrogen) atoms. The molecule has 3 rings (SSSR count). The first kappa shape index (κ1) is 13.7. The van der Waals surface area contributed by atoms with Gasteiger partial charge in [0.15, 0.2) is 0 Å². The highest BCUT2D eigenvalue weighted by Crippen LogP contribution is 2.44. The van der Waals surface area contributed by atoms with Gasteiger partial charge < -0.3 is 10.1 Å². The van der Waals surface area contributed by atoms with E-state index in [-0.39, 0.29) is 5.41 Å². The second kappa shape index (κ2) is 6.01. The molecule has 1 fully saturated rings. The molecule has 1 atom stereocenters. The van der Waals surface area contributed by atoms with Crippen molar-refractivity contribution < 1.29 is 4.74 Å². The Kier molecular flexibility index (Phi) is 4.11. The average molecular weight is 271 g/mol. The minimum atomic E-state index is 0.199. The molecule has 108 valence electrons. The van der Waals surface area contributed by atoms with Crippen molar-refractivity contribution >= 4 is 0 Å². The summed E-state index contributed by atoms with van der Waals surface area (Å²) in [6.45, 7) is 0.846. The fourth-order valence-electron chi connectivity index (χ4n) is 4.03. The van der Waals surface area contributed by atoms with Gasteiger partial charge in [-0.2, -0.15) is 0 Å². The molecule has 0 spiro atoms. The standard InChI is InChI=1S/C18H25NO/c1-19-17(16-11-8-14-20-16)18(12-6-3-7-13-18)15-9-4-2-5-10-15/h2,4-5,9-11,17,19H,3,6-8,12-14H2,1H3. The number of rotatable bonds is 4. The van der Waals surface area contributed by atoms with Crippen molar-refractivity contribution in [3.8, 4) is 0 Å². The second-order valence-electron chi connectivity index (χ2n) is 6.05. The molecule has 1 aromatic carbocycles. The van der Waals surface area contributed by atoms with Gasteiger partial charge in [0.05, 0.1) is 12.6 Å². The van der Waals surface area contributed by atoms with Gasteiger partial charge in [0, 0.05) is 11.8 Å². The summed E-state index contributed by atoms with van der Waals surface area (Å²) in [4.78, 5) is 0. The number of hydrogen-bond donors (Lipinski definition) is 1. The van der Waals surface area contributed by atoms with Crippen molar-refractivity contribution in [3.63, 3.8) is 0 Å². The monoisotopic (exact) mass is 271 g/mol. The molecule has 2 aliphatic rings. The molecule has 0 amide bonds. The fraction of sp³-hybridized carbons (Fsp3) is 0.556. The van der Waals surface area contributed by atoms with Gasteiger partial charge in [0.2, 0.25) is 0 Å². The zero-order valence-electron chi connectivity index (χ0n) is 12.4. The van der Waals surface area contributed by atoms with Crippen LogP contribution in [0.3, 0.4) is 0 Å². The Balaban J connectivity index is 2.00. The predicted molar refractivity (Wildman–Crippen MR) is 82.7 cm³/mol. The lowest BCUT2D eigenvalue weighted by molar-refractivity contribution is 0.156. The average Bonchev–Trinajstić information content (AvgIpc) is 3.04. The van der Waals surface area contributed by atoms with E-state index in [1.165, 1.54) is 43.4 Å². The molecule has 0 aromatic heterocycles. The summed E-state index contributed by atoms with van der Waals surface area (Å²) in [5, 5.41) is 3.56. The van der Waals surface area contributed by atoms with Crippen LogP contribution in [-0.2, 0) is 10.2 Å². The third-order valence-corrected chi connectivity index (χ3v) is 4.95. The highest BCUT2D eigenvalue weighted by atomic mass is 16.5. The Morgan fingerprint density at radius 2 is 1.85 bits per heavy atom. The SMILES string of the molecule is CNC(C1=CCCO1)C1(c2ccccc2)CCCCC1. The van der Waals surface area contributed by atoms with E-state index in [0.29, 0.717) is 6.04 Å². The maximum Gasteiger partial charge on any atom is 0.110 e. The predicted octanol–water partition coefficient (Wildman–Crippen LogP) is 3.78. The lowest BCUT2D eigenvalue weighted by Gasteiger charge is -2.44. The third-order valence-electron chi connectivity index (χ3n) is 4.95. The molecular formula is C18H25NO. The van der Waals surface area contributed by atoms with Crippen LogP contribution in [0.25, 0.3) is 0 Å². The fourth-order valence-corrected chi connectivity index (χ4v) is 4.03. The Bertz CT molecular complexity index is 460. The van der Waals surface area contributed by atoms with E-state index in [1.807, 2.05) is 0 Å². The lowest BCUT2D eigenvalue weighted by atomic mass is 9.64. The van der Waals surface area contributed by atoms with Gasteiger partial charge in [-0.25, -0.2) is 0 Å². The van der Waals surface area contributed by atoms with E-state index in [1.54, 1.807) is 0 Å². The minimum Gasteiger partial charge on any atom is -0.496 e. The first-order valence-corrected chi connectivity index (χ1v) is 7.92. The van der Waals surface area contributed by atoms with Crippen molar-refractivity contribution in [2.45, 2.75) is 50.0 Å². The van der Waals surface area contributed by atoms with Crippen LogP contribution in [-0.4, -0.2) is 19.7 Å². The molecule has 0 bridgehead atoms. The molecule has 2 heteroatoms. The summed E-state index contributed by atoms with van der Waals surface area (Å²) in [7, 11) is 2.08. The number of likely N-dealkylation sites (N-methyl/N-ethyl adjacent to an activating group) is 1. The van der Waals surface area contributed by atoms with Crippen molar-refractivity contribution in [1.82, 2.24) is 5.32 Å².